The van der Waals surface area contributed by atoms with Gasteiger partial charge in [0.1, 0.15) is 5.82 Å². The number of ether oxygens (including phenoxy) is 1. The zero-order chi connectivity index (χ0) is 15.4. The van der Waals surface area contributed by atoms with Gasteiger partial charge in [-0.15, -0.1) is 0 Å². The van der Waals surface area contributed by atoms with Gasteiger partial charge in [0.2, 0.25) is 0 Å². The van der Waals surface area contributed by atoms with Gasteiger partial charge in [-0.2, -0.15) is 0 Å². The Morgan fingerprint density at radius 3 is 2.86 bits per heavy atom. The first-order valence-electron chi connectivity index (χ1n) is 7.10. The number of carbonyl (C=O) groups is 1. The standard InChI is InChI=1S/C16H16FN3O2/c17-14-6-12(7-19-8-14)16(21)20-15-10-22-9-13(15)5-11-1-3-18-4-2-11/h1-4,6-8,13,15H,5,9-10H2,(H,20,21)/t13-,15-/m1/s1. The molecule has 1 aliphatic rings. The van der Waals surface area contributed by atoms with Crippen LogP contribution in [0.3, 0.4) is 0 Å². The van der Waals surface area contributed by atoms with Crippen LogP contribution in [-0.2, 0) is 11.2 Å². The van der Waals surface area contributed by atoms with Crippen LogP contribution in [0.2, 0.25) is 0 Å². The number of amides is 1. The topological polar surface area (TPSA) is 64.1 Å². The van der Waals surface area contributed by atoms with Gasteiger partial charge in [-0.05, 0) is 30.2 Å². The van der Waals surface area contributed by atoms with Crippen LogP contribution >= 0.6 is 0 Å². The molecule has 0 bridgehead atoms. The number of pyridine rings is 2. The van der Waals surface area contributed by atoms with E-state index < -0.39 is 5.82 Å². The first-order chi connectivity index (χ1) is 10.7. The number of carbonyl (C=O) groups excluding carboxylic acids is 1. The van der Waals surface area contributed by atoms with E-state index in [4.69, 9.17) is 4.74 Å². The van der Waals surface area contributed by atoms with Gasteiger partial charge in [-0.1, -0.05) is 0 Å². The molecule has 22 heavy (non-hydrogen) atoms. The first-order valence-corrected chi connectivity index (χ1v) is 7.10. The van der Waals surface area contributed by atoms with E-state index in [0.717, 1.165) is 18.2 Å². The largest absolute Gasteiger partial charge is 0.379 e. The molecule has 114 valence electrons. The fraction of sp³-hybridized carbons (Fsp3) is 0.312. The molecule has 5 nitrogen and oxygen atoms in total. The van der Waals surface area contributed by atoms with Gasteiger partial charge in [-0.3, -0.25) is 14.8 Å². The molecule has 0 aromatic carbocycles. The maximum absolute atomic E-state index is 13.1. The van der Waals surface area contributed by atoms with Crippen molar-refractivity contribution < 1.29 is 13.9 Å². The molecule has 0 spiro atoms. The highest BCUT2D eigenvalue weighted by Crippen LogP contribution is 2.19. The molecule has 0 radical (unpaired) electrons. The number of halogens is 1. The second-order valence-corrected chi connectivity index (χ2v) is 5.33. The lowest BCUT2D eigenvalue weighted by Gasteiger charge is -2.19. The molecule has 1 fully saturated rings. The maximum Gasteiger partial charge on any atom is 0.253 e. The molecule has 1 amide bonds. The quantitative estimate of drug-likeness (QED) is 0.931. The van der Waals surface area contributed by atoms with E-state index in [1.807, 2.05) is 12.1 Å². The van der Waals surface area contributed by atoms with E-state index in [1.54, 1.807) is 12.4 Å². The van der Waals surface area contributed by atoms with Crippen LogP contribution in [0.1, 0.15) is 15.9 Å². The third-order valence-electron chi connectivity index (χ3n) is 3.73. The molecule has 6 heteroatoms. The monoisotopic (exact) mass is 301 g/mol. The Hall–Kier alpha value is -2.34. The van der Waals surface area contributed by atoms with Crippen molar-refractivity contribution in [1.29, 1.82) is 0 Å². The maximum atomic E-state index is 13.1. The third-order valence-corrected chi connectivity index (χ3v) is 3.73. The van der Waals surface area contributed by atoms with Gasteiger partial charge >= 0.3 is 0 Å². The highest BCUT2D eigenvalue weighted by atomic mass is 19.1. The lowest BCUT2D eigenvalue weighted by atomic mass is 9.95. The van der Waals surface area contributed by atoms with Gasteiger partial charge in [0.15, 0.2) is 0 Å². The predicted octanol–water partition coefficient (Wildman–Crippen LogP) is 1.60. The average Bonchev–Trinajstić information content (AvgIpc) is 2.95. The normalized spacial score (nSPS) is 20.8. The van der Waals surface area contributed by atoms with Crippen molar-refractivity contribution in [2.75, 3.05) is 13.2 Å². The minimum atomic E-state index is -0.524. The molecule has 0 unspecified atom stereocenters. The zero-order valence-corrected chi connectivity index (χ0v) is 11.9. The van der Waals surface area contributed by atoms with Crippen LogP contribution < -0.4 is 5.32 Å². The first kappa shape index (κ1) is 14.6. The second-order valence-electron chi connectivity index (χ2n) is 5.33. The molecule has 1 aliphatic heterocycles. The lowest BCUT2D eigenvalue weighted by molar-refractivity contribution is 0.0924. The smallest absolute Gasteiger partial charge is 0.253 e. The van der Waals surface area contributed by atoms with E-state index >= 15 is 0 Å². The summed E-state index contributed by atoms with van der Waals surface area (Å²) in [5, 5.41) is 2.91. The molecule has 2 aromatic heterocycles. The minimum absolute atomic E-state index is 0.0936. The molecule has 2 aromatic rings. The molecule has 1 N–H and O–H groups in total. The zero-order valence-electron chi connectivity index (χ0n) is 11.9. The summed E-state index contributed by atoms with van der Waals surface area (Å²) in [4.78, 5) is 19.9. The molecule has 0 saturated carbocycles. The minimum Gasteiger partial charge on any atom is -0.379 e. The van der Waals surface area contributed by atoms with Gasteiger partial charge in [0, 0.05) is 24.5 Å². The second kappa shape index (κ2) is 6.62. The molecule has 0 aliphatic carbocycles. The summed E-state index contributed by atoms with van der Waals surface area (Å²) in [5.41, 5.74) is 1.37. The summed E-state index contributed by atoms with van der Waals surface area (Å²) >= 11 is 0. The van der Waals surface area contributed by atoms with Crippen LogP contribution in [0, 0.1) is 11.7 Å². The van der Waals surface area contributed by atoms with Crippen molar-refractivity contribution in [2.24, 2.45) is 5.92 Å². The van der Waals surface area contributed by atoms with E-state index in [9.17, 15) is 9.18 Å². The van der Waals surface area contributed by atoms with Gasteiger partial charge in [-0.25, -0.2) is 4.39 Å². The summed E-state index contributed by atoms with van der Waals surface area (Å²) in [5.74, 6) is -0.668. The van der Waals surface area contributed by atoms with E-state index in [-0.39, 0.29) is 23.4 Å². The number of hydrogen-bond acceptors (Lipinski definition) is 4. The summed E-state index contributed by atoms with van der Waals surface area (Å²) in [6.07, 6.45) is 6.72. The summed E-state index contributed by atoms with van der Waals surface area (Å²) in [6.45, 7) is 1.05. The summed E-state index contributed by atoms with van der Waals surface area (Å²) in [7, 11) is 0. The van der Waals surface area contributed by atoms with Gasteiger partial charge in [0.05, 0.1) is 31.0 Å². The molecule has 3 rings (SSSR count). The SMILES string of the molecule is O=C(N[C@@H]1COC[C@H]1Cc1ccncc1)c1cncc(F)c1. The highest BCUT2D eigenvalue weighted by Gasteiger charge is 2.30. The number of hydrogen-bond donors (Lipinski definition) is 1. The number of nitrogens with zero attached hydrogens (tertiary/aromatic N) is 2. The Labute approximate surface area is 127 Å². The summed E-state index contributed by atoms with van der Waals surface area (Å²) in [6, 6.07) is 4.99. The Morgan fingerprint density at radius 1 is 1.27 bits per heavy atom. The van der Waals surface area contributed by atoms with Crippen molar-refractivity contribution in [2.45, 2.75) is 12.5 Å². The molecular weight excluding hydrogens is 285 g/mol. The number of aromatic nitrogens is 2. The van der Waals surface area contributed by atoms with Crippen molar-refractivity contribution in [1.82, 2.24) is 15.3 Å². The van der Waals surface area contributed by atoms with Crippen LogP contribution in [-0.4, -0.2) is 35.1 Å². The van der Waals surface area contributed by atoms with Gasteiger partial charge in [0.25, 0.3) is 5.91 Å². The van der Waals surface area contributed by atoms with Crippen molar-refractivity contribution >= 4 is 5.91 Å². The highest BCUT2D eigenvalue weighted by molar-refractivity contribution is 5.94. The lowest BCUT2D eigenvalue weighted by Crippen LogP contribution is -2.40. The van der Waals surface area contributed by atoms with Crippen molar-refractivity contribution in [3.63, 3.8) is 0 Å². The molecular formula is C16H16FN3O2. The molecule has 1 saturated heterocycles. The number of nitrogens with one attached hydrogen (secondary N) is 1. The number of rotatable bonds is 4. The van der Waals surface area contributed by atoms with Crippen molar-refractivity contribution in [3.8, 4) is 0 Å². The third kappa shape index (κ3) is 3.46. The van der Waals surface area contributed by atoms with Gasteiger partial charge < -0.3 is 10.1 Å². The van der Waals surface area contributed by atoms with Crippen LogP contribution in [0.5, 0.6) is 0 Å². The van der Waals surface area contributed by atoms with Crippen LogP contribution in [0.4, 0.5) is 4.39 Å². The Morgan fingerprint density at radius 2 is 2.09 bits per heavy atom. The van der Waals surface area contributed by atoms with E-state index in [0.29, 0.717) is 13.2 Å². The fourth-order valence-corrected chi connectivity index (χ4v) is 2.57. The van der Waals surface area contributed by atoms with E-state index in [1.165, 1.54) is 12.3 Å². The fourth-order valence-electron chi connectivity index (χ4n) is 2.57. The van der Waals surface area contributed by atoms with Crippen molar-refractivity contribution in [3.05, 3.63) is 59.9 Å². The summed E-state index contributed by atoms with van der Waals surface area (Å²) < 4.78 is 18.6. The Bertz CT molecular complexity index is 651. The Balaban J connectivity index is 1.65. The van der Waals surface area contributed by atoms with Crippen LogP contribution in [0.15, 0.2) is 43.0 Å². The molecule has 3 heterocycles. The predicted molar refractivity (Wildman–Crippen MR) is 77.7 cm³/mol. The average molecular weight is 301 g/mol. The Kier molecular flexibility index (Phi) is 4.39. The van der Waals surface area contributed by atoms with Crippen LogP contribution in [0.25, 0.3) is 0 Å². The molecule has 2 atom stereocenters. The van der Waals surface area contributed by atoms with E-state index in [2.05, 4.69) is 15.3 Å².